The van der Waals surface area contributed by atoms with Crippen LogP contribution in [-0.4, -0.2) is 71.2 Å². The maximum Gasteiger partial charge on any atom is 0.251 e. The normalized spacial score (nSPS) is 24.2. The Morgan fingerprint density at radius 3 is 2.67 bits per heavy atom. The zero-order chi connectivity index (χ0) is 16.5. The third kappa shape index (κ3) is 2.94. The van der Waals surface area contributed by atoms with E-state index in [-0.39, 0.29) is 11.9 Å². The molecule has 2 saturated heterocycles. The molecule has 5 nitrogen and oxygen atoms in total. The van der Waals surface area contributed by atoms with Crippen LogP contribution in [0.4, 0.5) is 0 Å². The molecule has 1 atom stereocenters. The summed E-state index contributed by atoms with van der Waals surface area (Å²) in [5.41, 5.74) is 2.57. The standard InChI is InChI=1S/C18H23N3O2S/c22-17-16-12-14-4-1-2-5-15(14)13-21(16)18(24)20(17)7-3-6-19-8-10-23-11-9-19/h1-2,4-5,16H,3,6-13H2/t16-/m0/s1. The summed E-state index contributed by atoms with van der Waals surface area (Å²) in [6, 6.07) is 8.27. The SMILES string of the molecule is O=C1[C@@H]2Cc3ccccc3CN2C(=S)N1CCCN1CCOCC1. The average molecular weight is 345 g/mol. The quantitative estimate of drug-likeness (QED) is 0.768. The fraction of sp³-hybridized carbons (Fsp3) is 0.556. The number of hydrogen-bond donors (Lipinski definition) is 0. The zero-order valence-corrected chi connectivity index (χ0v) is 14.6. The lowest BCUT2D eigenvalue weighted by atomic mass is 9.95. The van der Waals surface area contributed by atoms with Crippen LogP contribution in [0, 0.1) is 0 Å². The molecule has 3 aliphatic rings. The largest absolute Gasteiger partial charge is 0.379 e. The number of carbonyl (C=O) groups excluding carboxylic acids is 1. The predicted molar refractivity (Wildman–Crippen MR) is 95.7 cm³/mol. The van der Waals surface area contributed by atoms with Gasteiger partial charge in [0.1, 0.15) is 6.04 Å². The van der Waals surface area contributed by atoms with Crippen LogP contribution >= 0.6 is 12.2 Å². The Morgan fingerprint density at radius 2 is 1.88 bits per heavy atom. The third-order valence-corrected chi connectivity index (χ3v) is 5.69. The minimum Gasteiger partial charge on any atom is -0.379 e. The van der Waals surface area contributed by atoms with Crippen LogP contribution < -0.4 is 0 Å². The van der Waals surface area contributed by atoms with Gasteiger partial charge >= 0.3 is 0 Å². The number of hydrogen-bond acceptors (Lipinski definition) is 4. The van der Waals surface area contributed by atoms with Crippen molar-refractivity contribution in [2.45, 2.75) is 25.4 Å². The minimum absolute atomic E-state index is 0.101. The number of carbonyl (C=O) groups is 1. The molecule has 128 valence electrons. The highest BCUT2D eigenvalue weighted by atomic mass is 32.1. The molecular weight excluding hydrogens is 322 g/mol. The number of thiocarbonyl (C=S) groups is 1. The number of morpholine rings is 1. The minimum atomic E-state index is -0.101. The predicted octanol–water partition coefficient (Wildman–Crippen LogP) is 1.26. The lowest BCUT2D eigenvalue weighted by Gasteiger charge is -2.30. The van der Waals surface area contributed by atoms with Crippen molar-refractivity contribution in [1.82, 2.24) is 14.7 Å². The molecule has 3 aliphatic heterocycles. The second-order valence-corrected chi connectivity index (χ2v) is 7.06. The van der Waals surface area contributed by atoms with E-state index in [1.807, 2.05) is 11.0 Å². The van der Waals surface area contributed by atoms with Crippen molar-refractivity contribution in [3.8, 4) is 0 Å². The Labute approximate surface area is 148 Å². The highest BCUT2D eigenvalue weighted by Crippen LogP contribution is 2.30. The molecule has 0 N–H and O–H groups in total. The average Bonchev–Trinajstić information content (AvgIpc) is 2.85. The highest BCUT2D eigenvalue weighted by Gasteiger charge is 2.44. The Hall–Kier alpha value is -1.50. The molecule has 4 rings (SSSR count). The zero-order valence-electron chi connectivity index (χ0n) is 13.8. The van der Waals surface area contributed by atoms with Crippen molar-refractivity contribution in [2.24, 2.45) is 0 Å². The van der Waals surface area contributed by atoms with Gasteiger partial charge in [0.15, 0.2) is 5.11 Å². The number of amides is 1. The summed E-state index contributed by atoms with van der Waals surface area (Å²) >= 11 is 5.61. The highest BCUT2D eigenvalue weighted by molar-refractivity contribution is 7.80. The van der Waals surface area contributed by atoms with E-state index in [0.29, 0.717) is 5.11 Å². The number of rotatable bonds is 4. The van der Waals surface area contributed by atoms with Gasteiger partial charge in [-0.15, -0.1) is 0 Å². The molecular formula is C18H23N3O2S. The van der Waals surface area contributed by atoms with Crippen LogP contribution in [0.15, 0.2) is 24.3 Å². The smallest absolute Gasteiger partial charge is 0.251 e. The Bertz CT molecular complexity index is 602. The van der Waals surface area contributed by atoms with Crippen molar-refractivity contribution >= 4 is 23.2 Å². The number of fused-ring (bicyclic) bond motifs is 2. The molecule has 0 aromatic heterocycles. The summed E-state index contributed by atoms with van der Waals surface area (Å²) < 4.78 is 5.37. The molecule has 0 radical (unpaired) electrons. The number of nitrogens with zero attached hydrogens (tertiary/aromatic N) is 3. The molecule has 1 aromatic rings. The van der Waals surface area contributed by atoms with E-state index < -0.39 is 0 Å². The van der Waals surface area contributed by atoms with Gasteiger partial charge in [0.05, 0.1) is 13.2 Å². The van der Waals surface area contributed by atoms with Crippen molar-refractivity contribution in [3.63, 3.8) is 0 Å². The first kappa shape index (κ1) is 16.0. The van der Waals surface area contributed by atoms with Gasteiger partial charge in [0, 0.05) is 39.1 Å². The van der Waals surface area contributed by atoms with Crippen LogP contribution in [0.2, 0.25) is 0 Å². The summed E-state index contributed by atoms with van der Waals surface area (Å²) in [6.45, 7) is 6.08. The molecule has 1 amide bonds. The number of benzene rings is 1. The van der Waals surface area contributed by atoms with Crippen molar-refractivity contribution in [1.29, 1.82) is 0 Å². The molecule has 0 aliphatic carbocycles. The fourth-order valence-corrected chi connectivity index (χ4v) is 4.23. The van der Waals surface area contributed by atoms with Gasteiger partial charge in [-0.25, -0.2) is 0 Å². The Morgan fingerprint density at radius 1 is 1.12 bits per heavy atom. The molecule has 6 heteroatoms. The molecule has 0 spiro atoms. The first-order valence-electron chi connectivity index (χ1n) is 8.73. The second kappa shape index (κ2) is 6.78. The van der Waals surface area contributed by atoms with E-state index in [2.05, 4.69) is 28.0 Å². The van der Waals surface area contributed by atoms with Crippen LogP contribution in [0.5, 0.6) is 0 Å². The van der Waals surface area contributed by atoms with Crippen LogP contribution in [0.1, 0.15) is 17.5 Å². The summed E-state index contributed by atoms with van der Waals surface area (Å²) in [5.74, 6) is 0.177. The number of ether oxygens (including phenoxy) is 1. The summed E-state index contributed by atoms with van der Waals surface area (Å²) in [6.07, 6.45) is 1.73. The third-order valence-electron chi connectivity index (χ3n) is 5.24. The van der Waals surface area contributed by atoms with E-state index in [0.717, 1.165) is 58.8 Å². The van der Waals surface area contributed by atoms with Gasteiger partial charge in [-0.05, 0) is 29.8 Å². The Kier molecular flexibility index (Phi) is 4.52. The van der Waals surface area contributed by atoms with Gasteiger partial charge < -0.3 is 9.64 Å². The summed E-state index contributed by atoms with van der Waals surface area (Å²) in [4.78, 5) is 19.1. The van der Waals surface area contributed by atoms with E-state index in [4.69, 9.17) is 17.0 Å². The molecule has 1 aromatic carbocycles. The molecule has 3 heterocycles. The first-order valence-corrected chi connectivity index (χ1v) is 9.14. The molecule has 0 bridgehead atoms. The second-order valence-electron chi connectivity index (χ2n) is 6.70. The van der Waals surface area contributed by atoms with Crippen molar-refractivity contribution < 1.29 is 9.53 Å². The lowest BCUT2D eigenvalue weighted by Crippen LogP contribution is -2.39. The lowest BCUT2D eigenvalue weighted by molar-refractivity contribution is -0.128. The maximum atomic E-state index is 12.8. The van der Waals surface area contributed by atoms with Gasteiger partial charge in [0.25, 0.3) is 5.91 Å². The van der Waals surface area contributed by atoms with Gasteiger partial charge in [-0.2, -0.15) is 0 Å². The van der Waals surface area contributed by atoms with E-state index >= 15 is 0 Å². The summed E-state index contributed by atoms with van der Waals surface area (Å²) in [5, 5.41) is 0.710. The van der Waals surface area contributed by atoms with Gasteiger partial charge in [-0.3, -0.25) is 14.6 Å². The van der Waals surface area contributed by atoms with Crippen LogP contribution in [0.25, 0.3) is 0 Å². The Balaban J connectivity index is 1.38. The van der Waals surface area contributed by atoms with Crippen molar-refractivity contribution in [2.75, 3.05) is 39.4 Å². The van der Waals surface area contributed by atoms with Crippen molar-refractivity contribution in [3.05, 3.63) is 35.4 Å². The molecule has 0 saturated carbocycles. The van der Waals surface area contributed by atoms with Gasteiger partial charge in [0.2, 0.25) is 0 Å². The summed E-state index contributed by atoms with van der Waals surface area (Å²) in [7, 11) is 0. The fourth-order valence-electron chi connectivity index (χ4n) is 3.86. The first-order chi connectivity index (χ1) is 11.7. The van der Waals surface area contributed by atoms with Gasteiger partial charge in [-0.1, -0.05) is 24.3 Å². The molecule has 24 heavy (non-hydrogen) atoms. The molecule has 0 unspecified atom stereocenters. The van der Waals surface area contributed by atoms with E-state index in [9.17, 15) is 4.79 Å². The topological polar surface area (TPSA) is 36.0 Å². The van der Waals surface area contributed by atoms with Crippen LogP contribution in [-0.2, 0) is 22.5 Å². The van der Waals surface area contributed by atoms with E-state index in [1.165, 1.54) is 11.1 Å². The van der Waals surface area contributed by atoms with Crippen LogP contribution in [0.3, 0.4) is 0 Å². The molecule has 2 fully saturated rings. The maximum absolute atomic E-state index is 12.8. The van der Waals surface area contributed by atoms with E-state index in [1.54, 1.807) is 0 Å². The monoisotopic (exact) mass is 345 g/mol.